The number of fused-ring (bicyclic) bond motifs is 1. The lowest BCUT2D eigenvalue weighted by Gasteiger charge is -2.16. The molecule has 0 aliphatic heterocycles. The lowest BCUT2D eigenvalue weighted by Crippen LogP contribution is -2.14. The Morgan fingerprint density at radius 1 is 1.07 bits per heavy atom. The van der Waals surface area contributed by atoms with Crippen LogP contribution in [0.15, 0.2) is 84.9 Å². The van der Waals surface area contributed by atoms with Gasteiger partial charge < -0.3 is 4.57 Å². The molecule has 0 fully saturated rings. The van der Waals surface area contributed by atoms with Gasteiger partial charge in [0.2, 0.25) is 0 Å². The Balaban J connectivity index is 1.75. The van der Waals surface area contributed by atoms with E-state index in [9.17, 15) is 4.79 Å². The second-order valence-corrected chi connectivity index (χ2v) is 7.28. The number of aromatic nitrogens is 2. The molecule has 30 heavy (non-hydrogen) atoms. The number of nitrogens with zero attached hydrogens (tertiary/aromatic N) is 2. The summed E-state index contributed by atoms with van der Waals surface area (Å²) in [5.41, 5.74) is 6.76. The SMILES string of the molecule is CC(Cn1c(-c2cccc(C=CC(=O)NO)c2)nc2ccccc21)c1ccccc1. The van der Waals surface area contributed by atoms with Crippen molar-refractivity contribution in [3.05, 3.63) is 96.1 Å². The zero-order valence-corrected chi connectivity index (χ0v) is 16.7. The molecule has 0 saturated carbocycles. The quantitative estimate of drug-likeness (QED) is 0.273. The van der Waals surface area contributed by atoms with Crippen LogP contribution in [0.2, 0.25) is 0 Å². The summed E-state index contributed by atoms with van der Waals surface area (Å²) in [4.78, 5) is 16.2. The average molecular weight is 397 g/mol. The second-order valence-electron chi connectivity index (χ2n) is 7.28. The van der Waals surface area contributed by atoms with E-state index in [1.807, 2.05) is 48.5 Å². The Labute approximate surface area is 175 Å². The van der Waals surface area contributed by atoms with Crippen molar-refractivity contribution in [3.63, 3.8) is 0 Å². The van der Waals surface area contributed by atoms with E-state index in [0.29, 0.717) is 5.92 Å². The first-order valence-corrected chi connectivity index (χ1v) is 9.88. The molecule has 150 valence electrons. The van der Waals surface area contributed by atoms with Crippen LogP contribution >= 0.6 is 0 Å². The fourth-order valence-corrected chi connectivity index (χ4v) is 3.63. The van der Waals surface area contributed by atoms with Gasteiger partial charge in [0.15, 0.2) is 0 Å². The average Bonchev–Trinajstić information content (AvgIpc) is 3.16. The standard InChI is InChI=1S/C25H23N3O2/c1-18(20-9-3-2-4-10-20)17-28-23-13-6-5-12-22(23)26-25(28)21-11-7-8-19(16-21)14-15-24(29)27-30/h2-16,18,30H,17H2,1H3,(H,27,29). The van der Waals surface area contributed by atoms with Crippen LogP contribution in [0.25, 0.3) is 28.5 Å². The molecule has 0 aliphatic carbocycles. The number of carbonyl (C=O) groups excluding carboxylic acids is 1. The largest absolute Gasteiger partial charge is 0.323 e. The Morgan fingerprint density at radius 2 is 1.83 bits per heavy atom. The molecule has 0 saturated heterocycles. The van der Waals surface area contributed by atoms with Gasteiger partial charge in [-0.05, 0) is 41.3 Å². The van der Waals surface area contributed by atoms with Crippen LogP contribution in [0, 0.1) is 0 Å². The molecular weight excluding hydrogens is 374 g/mol. The highest BCUT2D eigenvalue weighted by Crippen LogP contribution is 2.29. The predicted molar refractivity (Wildman–Crippen MR) is 119 cm³/mol. The number of carbonyl (C=O) groups is 1. The molecule has 1 atom stereocenters. The molecule has 4 rings (SSSR count). The Bertz CT molecular complexity index is 1200. The van der Waals surface area contributed by atoms with Crippen molar-refractivity contribution in [2.75, 3.05) is 0 Å². The first kappa shape index (κ1) is 19.6. The highest BCUT2D eigenvalue weighted by molar-refractivity contribution is 5.91. The van der Waals surface area contributed by atoms with Crippen LogP contribution in [0.4, 0.5) is 0 Å². The third-order valence-corrected chi connectivity index (χ3v) is 5.16. The summed E-state index contributed by atoms with van der Waals surface area (Å²) in [6, 6.07) is 26.5. The Morgan fingerprint density at radius 3 is 2.63 bits per heavy atom. The van der Waals surface area contributed by atoms with Crippen LogP contribution in [0.1, 0.15) is 24.0 Å². The van der Waals surface area contributed by atoms with Gasteiger partial charge in [-0.25, -0.2) is 10.5 Å². The third-order valence-electron chi connectivity index (χ3n) is 5.16. The normalized spacial score (nSPS) is 12.3. The van der Waals surface area contributed by atoms with Crippen molar-refractivity contribution in [1.82, 2.24) is 15.0 Å². The van der Waals surface area contributed by atoms with Gasteiger partial charge in [0.25, 0.3) is 5.91 Å². The summed E-state index contributed by atoms with van der Waals surface area (Å²) in [7, 11) is 0. The van der Waals surface area contributed by atoms with Crippen molar-refractivity contribution >= 4 is 23.0 Å². The molecule has 2 N–H and O–H groups in total. The lowest BCUT2D eigenvalue weighted by molar-refractivity contribution is -0.124. The molecule has 5 heteroatoms. The highest BCUT2D eigenvalue weighted by atomic mass is 16.5. The van der Waals surface area contributed by atoms with E-state index in [1.54, 1.807) is 11.6 Å². The molecule has 5 nitrogen and oxygen atoms in total. The van der Waals surface area contributed by atoms with Crippen molar-refractivity contribution in [3.8, 4) is 11.4 Å². The number of hydroxylamine groups is 1. The minimum Gasteiger partial charge on any atom is -0.323 e. The van der Waals surface area contributed by atoms with Crippen molar-refractivity contribution < 1.29 is 10.0 Å². The van der Waals surface area contributed by atoms with Gasteiger partial charge in [0.05, 0.1) is 11.0 Å². The Kier molecular flexibility index (Phi) is 5.72. The molecule has 1 unspecified atom stereocenters. The zero-order valence-electron chi connectivity index (χ0n) is 16.7. The number of hydrogen-bond acceptors (Lipinski definition) is 3. The third kappa shape index (κ3) is 4.16. The van der Waals surface area contributed by atoms with Crippen LogP contribution in [0.3, 0.4) is 0 Å². The van der Waals surface area contributed by atoms with E-state index in [0.717, 1.165) is 34.5 Å². The molecule has 0 aliphatic rings. The van der Waals surface area contributed by atoms with Crippen molar-refractivity contribution in [2.45, 2.75) is 19.4 Å². The topological polar surface area (TPSA) is 67.2 Å². The Hall–Kier alpha value is -3.70. The number of para-hydroxylation sites is 2. The zero-order chi connectivity index (χ0) is 20.9. The maximum atomic E-state index is 11.3. The summed E-state index contributed by atoms with van der Waals surface area (Å²) in [5.74, 6) is 0.643. The summed E-state index contributed by atoms with van der Waals surface area (Å²) >= 11 is 0. The predicted octanol–water partition coefficient (Wildman–Crippen LogP) is 5.03. The van der Waals surface area contributed by atoms with E-state index in [-0.39, 0.29) is 0 Å². The number of rotatable bonds is 6. The molecule has 1 aromatic heterocycles. The highest BCUT2D eigenvalue weighted by Gasteiger charge is 2.16. The van der Waals surface area contributed by atoms with Crippen molar-refractivity contribution in [2.24, 2.45) is 0 Å². The van der Waals surface area contributed by atoms with Crippen LogP contribution < -0.4 is 5.48 Å². The van der Waals surface area contributed by atoms with Gasteiger partial charge in [-0.2, -0.15) is 0 Å². The second kappa shape index (κ2) is 8.76. The molecule has 0 radical (unpaired) electrons. The van der Waals surface area contributed by atoms with Crippen molar-refractivity contribution in [1.29, 1.82) is 0 Å². The summed E-state index contributed by atoms with van der Waals surface area (Å²) in [6.07, 6.45) is 2.95. The van der Waals surface area contributed by atoms with E-state index in [2.05, 4.69) is 41.8 Å². The molecule has 3 aromatic carbocycles. The van der Waals surface area contributed by atoms with E-state index < -0.39 is 5.91 Å². The number of nitrogens with one attached hydrogen (secondary N) is 1. The van der Waals surface area contributed by atoms with Gasteiger partial charge in [-0.15, -0.1) is 0 Å². The lowest BCUT2D eigenvalue weighted by atomic mass is 10.0. The first-order valence-electron chi connectivity index (χ1n) is 9.88. The van der Waals surface area contributed by atoms with Gasteiger partial charge in [-0.3, -0.25) is 10.0 Å². The summed E-state index contributed by atoms with van der Waals surface area (Å²) in [6.45, 7) is 3.02. The fraction of sp³-hybridized carbons (Fsp3) is 0.120. The molecule has 0 bridgehead atoms. The maximum absolute atomic E-state index is 11.3. The van der Waals surface area contributed by atoms with Crippen LogP contribution in [0.5, 0.6) is 0 Å². The van der Waals surface area contributed by atoms with Gasteiger partial charge in [0.1, 0.15) is 5.82 Å². The maximum Gasteiger partial charge on any atom is 0.267 e. The van der Waals surface area contributed by atoms with Gasteiger partial charge in [-0.1, -0.05) is 67.6 Å². The molecule has 0 spiro atoms. The van der Waals surface area contributed by atoms with E-state index in [4.69, 9.17) is 10.2 Å². The summed E-state index contributed by atoms with van der Waals surface area (Å²) in [5, 5.41) is 8.68. The van der Waals surface area contributed by atoms with E-state index >= 15 is 0 Å². The summed E-state index contributed by atoms with van der Waals surface area (Å²) < 4.78 is 2.26. The monoisotopic (exact) mass is 397 g/mol. The number of benzene rings is 3. The van der Waals surface area contributed by atoms with Crippen LogP contribution in [-0.4, -0.2) is 20.7 Å². The van der Waals surface area contributed by atoms with Crippen LogP contribution in [-0.2, 0) is 11.3 Å². The molecule has 1 heterocycles. The van der Waals surface area contributed by atoms with Gasteiger partial charge >= 0.3 is 0 Å². The van der Waals surface area contributed by atoms with E-state index in [1.165, 1.54) is 11.6 Å². The smallest absolute Gasteiger partial charge is 0.267 e. The molecule has 4 aromatic rings. The molecule has 1 amide bonds. The molecular formula is C25H23N3O2. The van der Waals surface area contributed by atoms with Gasteiger partial charge in [0, 0.05) is 18.2 Å². The minimum atomic E-state index is -0.565. The number of hydrogen-bond donors (Lipinski definition) is 2. The fourth-order valence-electron chi connectivity index (χ4n) is 3.63. The number of amides is 1. The first-order chi connectivity index (χ1) is 14.7. The minimum absolute atomic E-state index is 0.318. The number of imidazole rings is 1.